The van der Waals surface area contributed by atoms with Gasteiger partial charge in [-0.1, -0.05) is 0 Å². The minimum absolute atomic E-state index is 2.80. The van der Waals surface area contributed by atoms with Gasteiger partial charge in [0.05, 0.1) is 0 Å². The van der Waals surface area contributed by atoms with Gasteiger partial charge in [0.1, 0.15) is 0 Å². The summed E-state index contributed by atoms with van der Waals surface area (Å²) < 4.78 is 109. The predicted molar refractivity (Wildman–Crippen MR) is 42.9 cm³/mol. The maximum absolute atomic E-state index is 11.9. The molecule has 0 saturated heterocycles. The highest BCUT2D eigenvalue weighted by Gasteiger charge is 2.65. The van der Waals surface area contributed by atoms with Crippen LogP contribution in [0.25, 0.3) is 0 Å². The zero-order valence-corrected chi connectivity index (χ0v) is 9.41. The number of nitrogens with two attached hydrogens (primary N) is 1. The Morgan fingerprint density at radius 1 is 0.833 bits per heavy atom. The number of halogens is 6. The molecule has 0 aliphatic heterocycles. The number of hydrogen-bond donors (Lipinski definition) is 1. The Labute approximate surface area is 95.6 Å². The lowest BCUT2D eigenvalue weighted by Crippen LogP contribution is -2.51. The Balaban J connectivity index is 6.23. The van der Waals surface area contributed by atoms with Crippen molar-refractivity contribution in [2.45, 2.75) is 15.6 Å². The average Bonchev–Trinajstić information content (AvgIpc) is 1.96. The monoisotopic (exact) mass is 323 g/mol. The Morgan fingerprint density at radius 3 is 1.17 bits per heavy atom. The van der Waals surface area contributed by atoms with Crippen LogP contribution in [0.3, 0.4) is 0 Å². The minimum Gasteiger partial charge on any atom is -0.368 e. The minimum atomic E-state index is -6.96. The first kappa shape index (κ1) is 16.9. The number of alkyl halides is 6. The lowest BCUT2D eigenvalue weighted by Gasteiger charge is -2.18. The van der Waals surface area contributed by atoms with E-state index in [4.69, 9.17) is 0 Å². The van der Waals surface area contributed by atoms with Gasteiger partial charge in [-0.15, -0.1) is 0 Å². The van der Waals surface area contributed by atoms with Crippen LogP contribution < -0.4 is 5.73 Å². The van der Waals surface area contributed by atoms with Crippen molar-refractivity contribution in [3.8, 4) is 0 Å². The van der Waals surface area contributed by atoms with Gasteiger partial charge in [-0.05, 0) is 0 Å². The lowest BCUT2D eigenvalue weighted by molar-refractivity contribution is -0.117. The molecule has 0 saturated carbocycles. The summed E-state index contributed by atoms with van der Waals surface area (Å²) in [6, 6.07) is 0. The van der Waals surface area contributed by atoms with Crippen LogP contribution in [0.4, 0.5) is 26.3 Å². The average molecular weight is 323 g/mol. The first-order valence-electron chi connectivity index (χ1n) is 3.46. The molecule has 6 nitrogen and oxygen atoms in total. The van der Waals surface area contributed by atoms with Gasteiger partial charge in [-0.3, -0.25) is 4.79 Å². The van der Waals surface area contributed by atoms with Crippen LogP contribution in [0.2, 0.25) is 0 Å². The second kappa shape index (κ2) is 4.25. The van der Waals surface area contributed by atoms with E-state index in [9.17, 15) is 48.0 Å². The molecule has 108 valence electrons. The zero-order chi connectivity index (χ0) is 15.2. The van der Waals surface area contributed by atoms with Crippen LogP contribution in [-0.4, -0.2) is 38.3 Å². The van der Waals surface area contributed by atoms with Crippen LogP contribution >= 0.6 is 0 Å². The summed E-state index contributed by atoms with van der Waals surface area (Å²) in [5, 5.41) is 0. The molecule has 0 fully saturated rings. The van der Waals surface area contributed by atoms with Gasteiger partial charge in [0.2, 0.25) is 0 Å². The highest BCUT2D eigenvalue weighted by molar-refractivity contribution is 8.11. The van der Waals surface area contributed by atoms with E-state index in [1.807, 2.05) is 0 Å². The van der Waals surface area contributed by atoms with E-state index in [-0.39, 0.29) is 0 Å². The summed E-state index contributed by atoms with van der Waals surface area (Å²) in [6.45, 7) is 0. The lowest BCUT2D eigenvalue weighted by atomic mass is 10.7. The quantitative estimate of drug-likeness (QED) is 0.715. The number of rotatable bonds is 3. The number of primary amides is 1. The number of carbonyl (C=O) groups excluding carboxylic acids is 1. The third kappa shape index (κ3) is 2.68. The maximum Gasteiger partial charge on any atom is 0.499 e. The van der Waals surface area contributed by atoms with E-state index >= 15 is 0 Å². The normalized spacial score (nSPS) is 14.8. The van der Waals surface area contributed by atoms with Crippen molar-refractivity contribution in [1.29, 1.82) is 0 Å². The van der Waals surface area contributed by atoms with E-state index in [2.05, 4.69) is 5.73 Å². The fraction of sp³-hybridized carbons (Fsp3) is 0.750. The smallest absolute Gasteiger partial charge is 0.368 e. The third-order valence-electron chi connectivity index (χ3n) is 1.44. The molecule has 0 aromatic heterocycles. The summed E-state index contributed by atoms with van der Waals surface area (Å²) >= 11 is 0. The molecular weight excluding hydrogens is 320 g/mol. The summed E-state index contributed by atoms with van der Waals surface area (Å²) in [4.78, 5) is 10.4. The van der Waals surface area contributed by atoms with Crippen molar-refractivity contribution in [2.24, 2.45) is 5.73 Å². The van der Waals surface area contributed by atoms with E-state index in [0.29, 0.717) is 0 Å². The van der Waals surface area contributed by atoms with Gasteiger partial charge in [0.25, 0.3) is 30.2 Å². The van der Waals surface area contributed by atoms with E-state index in [0.717, 1.165) is 0 Å². The van der Waals surface area contributed by atoms with E-state index in [1.165, 1.54) is 0 Å². The molecule has 0 heterocycles. The van der Waals surface area contributed by atoms with E-state index in [1.54, 1.807) is 0 Å². The molecule has 0 aliphatic carbocycles. The van der Waals surface area contributed by atoms with Gasteiger partial charge in [-0.2, -0.15) is 26.3 Å². The van der Waals surface area contributed by atoms with E-state index < -0.39 is 41.2 Å². The first-order chi connectivity index (χ1) is 7.57. The first-order valence-corrected chi connectivity index (χ1v) is 6.55. The van der Waals surface area contributed by atoms with Crippen LogP contribution in [0, 0.1) is 0 Å². The van der Waals surface area contributed by atoms with Crippen LogP contribution in [0.1, 0.15) is 0 Å². The molecule has 0 aliphatic rings. The molecule has 0 rings (SSSR count). The van der Waals surface area contributed by atoms with Crippen molar-refractivity contribution in [3.63, 3.8) is 0 Å². The Hall–Kier alpha value is -1.05. The van der Waals surface area contributed by atoms with Gasteiger partial charge in [0, 0.05) is 0 Å². The molecule has 0 aromatic carbocycles. The summed E-state index contributed by atoms with van der Waals surface area (Å²) in [6.07, 6.45) is 0. The number of amides is 1. The summed E-state index contributed by atoms with van der Waals surface area (Å²) in [5.74, 6) is -2.80. The van der Waals surface area contributed by atoms with Crippen LogP contribution in [0.15, 0.2) is 0 Å². The van der Waals surface area contributed by atoms with Gasteiger partial charge >= 0.3 is 11.0 Å². The van der Waals surface area contributed by atoms with Crippen LogP contribution in [-0.2, 0) is 24.5 Å². The van der Waals surface area contributed by atoms with Crippen molar-refractivity contribution in [2.75, 3.05) is 0 Å². The van der Waals surface area contributed by atoms with Crippen molar-refractivity contribution < 1.29 is 48.0 Å². The van der Waals surface area contributed by atoms with Crippen LogP contribution in [0.5, 0.6) is 0 Å². The van der Waals surface area contributed by atoms with Gasteiger partial charge in [0.15, 0.2) is 0 Å². The molecule has 0 radical (unpaired) electrons. The van der Waals surface area contributed by atoms with Crippen molar-refractivity contribution >= 4 is 25.6 Å². The molecular formula is C4H3F6NO5S2. The maximum atomic E-state index is 11.9. The van der Waals surface area contributed by atoms with Gasteiger partial charge in [-0.25, -0.2) is 16.8 Å². The molecule has 0 aromatic rings. The van der Waals surface area contributed by atoms with Crippen molar-refractivity contribution in [1.82, 2.24) is 0 Å². The molecule has 0 atom stereocenters. The number of carbonyl (C=O) groups is 1. The van der Waals surface area contributed by atoms with Crippen molar-refractivity contribution in [3.05, 3.63) is 0 Å². The Bertz CT molecular complexity index is 498. The molecule has 18 heavy (non-hydrogen) atoms. The second-order valence-corrected chi connectivity index (χ2v) is 7.06. The number of sulfone groups is 2. The molecule has 14 heteroatoms. The zero-order valence-electron chi connectivity index (χ0n) is 7.78. The largest absolute Gasteiger partial charge is 0.499 e. The third-order valence-corrected chi connectivity index (χ3v) is 5.84. The molecule has 0 unspecified atom stereocenters. The van der Waals surface area contributed by atoms with Gasteiger partial charge < -0.3 is 5.73 Å². The number of hydrogen-bond acceptors (Lipinski definition) is 5. The Morgan fingerprint density at radius 2 is 1.06 bits per heavy atom. The summed E-state index contributed by atoms with van der Waals surface area (Å²) in [7, 11) is -13.9. The predicted octanol–water partition coefficient (Wildman–Crippen LogP) is -0.333. The SMILES string of the molecule is NC(=O)C(S(=O)(=O)C(F)(F)F)S(=O)(=O)C(F)(F)F. The topological polar surface area (TPSA) is 111 Å². The fourth-order valence-corrected chi connectivity index (χ4v) is 3.80. The molecule has 0 bridgehead atoms. The standard InChI is InChI=1S/C4H3F6NO5S2/c5-3(6,7)17(13,14)2(1(11)12)18(15,16)4(8,9)10/h2H,(H2,11,12). The second-order valence-electron chi connectivity index (χ2n) is 2.72. The highest BCUT2D eigenvalue weighted by atomic mass is 32.3. The summed E-state index contributed by atoms with van der Waals surface area (Å²) in [5.41, 5.74) is -8.76. The Kier molecular flexibility index (Phi) is 4.01. The molecule has 2 N–H and O–H groups in total. The molecule has 1 amide bonds. The fourth-order valence-electron chi connectivity index (χ4n) is 0.715. The molecule has 0 spiro atoms. The highest BCUT2D eigenvalue weighted by Crippen LogP contribution is 2.35.